The lowest BCUT2D eigenvalue weighted by Gasteiger charge is -2.36. The van der Waals surface area contributed by atoms with Gasteiger partial charge in [0, 0.05) is 50.6 Å². The Morgan fingerprint density at radius 1 is 1.17 bits per heavy atom. The summed E-state index contributed by atoms with van der Waals surface area (Å²) in [7, 11) is 1.48. The normalized spacial score (nSPS) is 16.1. The number of ether oxygens (including phenoxy) is 2. The van der Waals surface area contributed by atoms with Crippen molar-refractivity contribution in [2.24, 2.45) is 0 Å². The van der Waals surface area contributed by atoms with Crippen molar-refractivity contribution in [3.05, 3.63) is 41.9 Å². The van der Waals surface area contributed by atoms with Crippen LogP contribution >= 0.6 is 0 Å². The van der Waals surface area contributed by atoms with Crippen molar-refractivity contribution in [1.82, 2.24) is 14.9 Å². The summed E-state index contributed by atoms with van der Waals surface area (Å²) in [5, 5.41) is 18.4. The summed E-state index contributed by atoms with van der Waals surface area (Å²) in [5.41, 5.74) is 7.87. The molecule has 1 aliphatic rings. The van der Waals surface area contributed by atoms with Gasteiger partial charge in [-0.25, -0.2) is 9.97 Å². The lowest BCUT2D eigenvalue weighted by atomic mass is 10.0. The van der Waals surface area contributed by atoms with Crippen LogP contribution in [0.4, 0.5) is 11.5 Å². The van der Waals surface area contributed by atoms with E-state index in [1.807, 2.05) is 18.7 Å². The molecule has 1 aromatic heterocycles. The molecule has 156 valence electrons. The van der Waals surface area contributed by atoms with E-state index in [9.17, 15) is 5.11 Å². The minimum Gasteiger partial charge on any atom is -0.491 e. The van der Waals surface area contributed by atoms with Gasteiger partial charge in [-0.1, -0.05) is 0 Å². The van der Waals surface area contributed by atoms with Crippen molar-refractivity contribution < 1.29 is 14.6 Å². The van der Waals surface area contributed by atoms with Crippen LogP contribution in [0.1, 0.15) is 25.1 Å². The molecule has 0 aliphatic carbocycles. The molecule has 1 saturated heterocycles. The number of nitrogen functional groups attached to an aromatic ring is 1. The molecule has 0 bridgehead atoms. The van der Waals surface area contributed by atoms with Crippen LogP contribution in [0.3, 0.4) is 0 Å². The maximum atomic E-state index is 9.79. The summed E-state index contributed by atoms with van der Waals surface area (Å²) in [6, 6.07) is 7.10. The fourth-order valence-corrected chi connectivity index (χ4v) is 3.21. The molecule has 29 heavy (non-hydrogen) atoms. The zero-order valence-corrected chi connectivity index (χ0v) is 17.0. The van der Waals surface area contributed by atoms with E-state index in [4.69, 9.17) is 20.6 Å². The Morgan fingerprint density at radius 3 is 2.55 bits per heavy atom. The average molecular weight is 400 g/mol. The first-order chi connectivity index (χ1) is 13.9. The number of hydrogen-bond donors (Lipinski definition) is 3. The van der Waals surface area contributed by atoms with Crippen LogP contribution in [0, 0.1) is 5.41 Å². The van der Waals surface area contributed by atoms with E-state index in [0.717, 1.165) is 5.82 Å². The number of aromatic nitrogens is 2. The second-order valence-electron chi connectivity index (χ2n) is 7.14. The highest BCUT2D eigenvalue weighted by molar-refractivity contribution is 6.13. The molecule has 4 N–H and O–H groups in total. The quantitative estimate of drug-likeness (QED) is 0.361. The Kier molecular flexibility index (Phi) is 6.63. The third-order valence-electron chi connectivity index (χ3n) is 4.74. The van der Waals surface area contributed by atoms with E-state index in [1.54, 1.807) is 24.3 Å². The van der Waals surface area contributed by atoms with Crippen LogP contribution in [0.15, 0.2) is 30.6 Å². The van der Waals surface area contributed by atoms with Gasteiger partial charge < -0.3 is 25.2 Å². The Balaban J connectivity index is 1.77. The number of aliphatic hydroxyl groups excluding tert-OH is 1. The molecule has 1 aliphatic heterocycles. The number of aliphatic hydroxyl groups is 1. The lowest BCUT2D eigenvalue weighted by molar-refractivity contribution is -0.177. The minimum absolute atomic E-state index is 0.0293. The van der Waals surface area contributed by atoms with Crippen LogP contribution in [-0.4, -0.2) is 71.5 Å². The Labute approximate surface area is 170 Å². The molecule has 9 nitrogen and oxygen atoms in total. The van der Waals surface area contributed by atoms with Crippen LogP contribution in [0.25, 0.3) is 0 Å². The molecule has 1 aromatic carbocycles. The molecular weight excluding hydrogens is 372 g/mol. The lowest BCUT2D eigenvalue weighted by Crippen LogP contribution is -2.51. The highest BCUT2D eigenvalue weighted by Crippen LogP contribution is 2.24. The SMILES string of the molecule is COC(O)N1CCN(c2cc(C(=N)c3cc(OC(C)C)ccc3N)ncn2)CC1. The average Bonchev–Trinajstić information content (AvgIpc) is 2.74. The van der Waals surface area contributed by atoms with Gasteiger partial charge in [0.1, 0.15) is 17.9 Å². The highest BCUT2D eigenvalue weighted by Gasteiger charge is 2.23. The van der Waals surface area contributed by atoms with Crippen molar-refractivity contribution in [3.63, 3.8) is 0 Å². The number of nitrogens with zero attached hydrogens (tertiary/aromatic N) is 4. The zero-order chi connectivity index (χ0) is 21.0. The van der Waals surface area contributed by atoms with Gasteiger partial charge in [0.15, 0.2) is 0 Å². The number of nitrogens with one attached hydrogen (secondary N) is 1. The molecule has 1 fully saturated rings. The Hall–Kier alpha value is -2.75. The number of nitrogens with two attached hydrogens (primary N) is 1. The van der Waals surface area contributed by atoms with Crippen molar-refractivity contribution in [1.29, 1.82) is 5.41 Å². The van der Waals surface area contributed by atoms with Gasteiger partial charge >= 0.3 is 0 Å². The fraction of sp³-hybridized carbons (Fsp3) is 0.450. The largest absolute Gasteiger partial charge is 0.491 e. The first-order valence-corrected chi connectivity index (χ1v) is 9.56. The number of rotatable bonds is 7. The van der Waals surface area contributed by atoms with Crippen LogP contribution < -0.4 is 15.4 Å². The van der Waals surface area contributed by atoms with Crippen molar-refractivity contribution in [2.75, 3.05) is 43.9 Å². The maximum absolute atomic E-state index is 9.79. The smallest absolute Gasteiger partial charge is 0.215 e. The number of methoxy groups -OCH3 is 1. The number of piperazine rings is 1. The molecule has 9 heteroatoms. The van der Waals surface area contributed by atoms with Gasteiger partial charge in [-0.05, 0) is 32.0 Å². The van der Waals surface area contributed by atoms with Gasteiger partial charge in [-0.3, -0.25) is 10.3 Å². The van der Waals surface area contributed by atoms with Gasteiger partial charge in [0.25, 0.3) is 0 Å². The molecule has 0 saturated carbocycles. The molecule has 0 radical (unpaired) electrons. The molecule has 2 heterocycles. The summed E-state index contributed by atoms with van der Waals surface area (Å²) >= 11 is 0. The van der Waals surface area contributed by atoms with E-state index in [2.05, 4.69) is 14.9 Å². The summed E-state index contributed by atoms with van der Waals surface area (Å²) in [5.74, 6) is 1.40. The topological polar surface area (TPSA) is 121 Å². The summed E-state index contributed by atoms with van der Waals surface area (Å²) in [4.78, 5) is 12.6. The zero-order valence-electron chi connectivity index (χ0n) is 17.0. The number of anilines is 2. The predicted molar refractivity (Wildman–Crippen MR) is 111 cm³/mol. The summed E-state index contributed by atoms with van der Waals surface area (Å²) < 4.78 is 10.7. The first-order valence-electron chi connectivity index (χ1n) is 9.56. The molecule has 2 aromatic rings. The third-order valence-corrected chi connectivity index (χ3v) is 4.74. The first kappa shape index (κ1) is 21.0. The van der Waals surface area contributed by atoms with E-state index in [-0.39, 0.29) is 11.8 Å². The molecule has 1 unspecified atom stereocenters. The van der Waals surface area contributed by atoms with E-state index in [1.165, 1.54) is 13.4 Å². The number of hydrogen-bond acceptors (Lipinski definition) is 9. The van der Waals surface area contributed by atoms with Gasteiger partial charge in [-0.2, -0.15) is 0 Å². The third kappa shape index (κ3) is 5.00. The molecule has 0 spiro atoms. The van der Waals surface area contributed by atoms with Crippen molar-refractivity contribution in [2.45, 2.75) is 26.4 Å². The summed E-state index contributed by atoms with van der Waals surface area (Å²) in [6.07, 6.45) is 0.594. The van der Waals surface area contributed by atoms with Crippen LogP contribution in [0.5, 0.6) is 5.75 Å². The number of benzene rings is 1. The highest BCUT2D eigenvalue weighted by atomic mass is 16.6. The second-order valence-corrected chi connectivity index (χ2v) is 7.14. The molecule has 3 rings (SSSR count). The van der Waals surface area contributed by atoms with E-state index >= 15 is 0 Å². The minimum atomic E-state index is -0.894. The van der Waals surface area contributed by atoms with Gasteiger partial charge in [-0.15, -0.1) is 0 Å². The summed E-state index contributed by atoms with van der Waals surface area (Å²) in [6.45, 7) is 6.56. The molecular formula is C20H28N6O3. The monoisotopic (exact) mass is 400 g/mol. The van der Waals surface area contributed by atoms with E-state index in [0.29, 0.717) is 48.9 Å². The fourth-order valence-electron chi connectivity index (χ4n) is 3.21. The van der Waals surface area contributed by atoms with Gasteiger partial charge in [0.05, 0.1) is 17.5 Å². The van der Waals surface area contributed by atoms with Crippen molar-refractivity contribution >= 4 is 17.2 Å². The van der Waals surface area contributed by atoms with Gasteiger partial charge in [0.2, 0.25) is 6.41 Å². The molecule has 1 atom stereocenters. The van der Waals surface area contributed by atoms with Crippen LogP contribution in [-0.2, 0) is 4.74 Å². The Morgan fingerprint density at radius 2 is 1.90 bits per heavy atom. The van der Waals surface area contributed by atoms with Crippen molar-refractivity contribution in [3.8, 4) is 5.75 Å². The van der Waals surface area contributed by atoms with E-state index < -0.39 is 6.41 Å². The standard InChI is InChI=1S/C20H28N6O3/c1-13(2)29-14-4-5-16(21)15(10-14)19(22)17-11-18(24-12-23-17)25-6-8-26(9-7-25)20(27)28-3/h4-5,10-13,20,22,27H,6-9,21H2,1-3H3. The maximum Gasteiger partial charge on any atom is 0.215 e. The van der Waals surface area contributed by atoms with Crippen LogP contribution in [0.2, 0.25) is 0 Å². The predicted octanol–water partition coefficient (Wildman–Crippen LogP) is 1.31. The Bertz CT molecular complexity index is 852. The second kappa shape index (κ2) is 9.17. The molecule has 0 amide bonds.